The van der Waals surface area contributed by atoms with E-state index in [4.69, 9.17) is 4.74 Å². The van der Waals surface area contributed by atoms with Crippen LogP contribution in [0.2, 0.25) is 0 Å². The summed E-state index contributed by atoms with van der Waals surface area (Å²) in [6, 6.07) is 20.8. The molecule has 3 aromatic carbocycles. The largest absolute Gasteiger partial charge is 0.455 e. The molecule has 6 nitrogen and oxygen atoms in total. The summed E-state index contributed by atoms with van der Waals surface area (Å²) in [5.74, 6) is 0.632. The van der Waals surface area contributed by atoms with Crippen molar-refractivity contribution < 1.29 is 17.9 Å². The van der Waals surface area contributed by atoms with Gasteiger partial charge in [-0.05, 0) is 62.2 Å². The van der Waals surface area contributed by atoms with Crippen molar-refractivity contribution in [2.24, 2.45) is 0 Å². The van der Waals surface area contributed by atoms with Gasteiger partial charge in [-0.15, -0.1) is 0 Å². The standard InChI is InChI=1S/C24H26N2O4S/c1-17-14-15-18(2)22(16-17)26(31(4,28)29)19(3)24(27)25-21-12-8-9-13-23(21)30-20-10-6-5-7-11-20/h5-16,19H,1-4H3,(H,25,27)/t19-/m0/s1. The number of rotatable bonds is 7. The number of nitrogens with zero attached hydrogens (tertiary/aromatic N) is 1. The molecule has 0 fully saturated rings. The Morgan fingerprint density at radius 3 is 2.29 bits per heavy atom. The molecule has 0 radical (unpaired) electrons. The zero-order valence-corrected chi connectivity index (χ0v) is 18.8. The van der Waals surface area contributed by atoms with Gasteiger partial charge in [-0.2, -0.15) is 0 Å². The highest BCUT2D eigenvalue weighted by Gasteiger charge is 2.30. The van der Waals surface area contributed by atoms with Crippen LogP contribution >= 0.6 is 0 Å². The predicted molar refractivity (Wildman–Crippen MR) is 124 cm³/mol. The predicted octanol–water partition coefficient (Wildman–Crippen LogP) is 4.89. The van der Waals surface area contributed by atoms with Gasteiger partial charge in [0.2, 0.25) is 15.9 Å². The first-order valence-corrected chi connectivity index (χ1v) is 11.7. The second-order valence-electron chi connectivity index (χ2n) is 7.43. The fraction of sp³-hybridized carbons (Fsp3) is 0.208. The Hall–Kier alpha value is -3.32. The van der Waals surface area contributed by atoms with E-state index in [1.165, 1.54) is 0 Å². The summed E-state index contributed by atoms with van der Waals surface area (Å²) < 4.78 is 32.3. The Morgan fingerprint density at radius 1 is 0.968 bits per heavy atom. The number of sulfonamides is 1. The van der Waals surface area contributed by atoms with Gasteiger partial charge in [0.25, 0.3) is 0 Å². The maximum absolute atomic E-state index is 13.1. The number of aryl methyl sites for hydroxylation is 2. The second kappa shape index (κ2) is 9.22. The summed E-state index contributed by atoms with van der Waals surface area (Å²) in [7, 11) is -3.71. The number of carbonyl (C=O) groups excluding carboxylic acids is 1. The molecule has 1 N–H and O–H groups in total. The van der Waals surface area contributed by atoms with E-state index in [0.29, 0.717) is 22.9 Å². The summed E-state index contributed by atoms with van der Waals surface area (Å²) in [5.41, 5.74) is 2.61. The van der Waals surface area contributed by atoms with Gasteiger partial charge in [-0.3, -0.25) is 9.10 Å². The van der Waals surface area contributed by atoms with Gasteiger partial charge in [0.15, 0.2) is 5.75 Å². The SMILES string of the molecule is Cc1ccc(C)c(N([C@@H](C)C(=O)Nc2ccccc2Oc2ccccc2)S(C)(=O)=O)c1. The number of nitrogens with one attached hydrogen (secondary N) is 1. The van der Waals surface area contributed by atoms with Gasteiger partial charge in [-0.25, -0.2) is 8.42 Å². The van der Waals surface area contributed by atoms with Crippen LogP contribution in [0.15, 0.2) is 72.8 Å². The molecule has 0 bridgehead atoms. The van der Waals surface area contributed by atoms with Gasteiger partial charge >= 0.3 is 0 Å². The van der Waals surface area contributed by atoms with Crippen LogP contribution < -0.4 is 14.4 Å². The van der Waals surface area contributed by atoms with Crippen LogP contribution in [-0.2, 0) is 14.8 Å². The Balaban J connectivity index is 1.89. The van der Waals surface area contributed by atoms with Crippen molar-refractivity contribution in [1.29, 1.82) is 0 Å². The number of benzene rings is 3. The molecule has 0 aromatic heterocycles. The smallest absolute Gasteiger partial charge is 0.248 e. The quantitative estimate of drug-likeness (QED) is 0.570. The Labute approximate surface area is 183 Å². The van der Waals surface area contributed by atoms with Crippen molar-refractivity contribution in [2.45, 2.75) is 26.8 Å². The molecule has 3 rings (SSSR count). The lowest BCUT2D eigenvalue weighted by atomic mass is 10.1. The number of carbonyl (C=O) groups is 1. The van der Waals surface area contributed by atoms with Gasteiger partial charge in [0.1, 0.15) is 11.8 Å². The molecule has 162 valence electrons. The van der Waals surface area contributed by atoms with Gasteiger partial charge in [-0.1, -0.05) is 42.5 Å². The highest BCUT2D eigenvalue weighted by atomic mass is 32.2. The van der Waals surface area contributed by atoms with Crippen LogP contribution in [-0.4, -0.2) is 26.6 Å². The van der Waals surface area contributed by atoms with Crippen LogP contribution in [0.5, 0.6) is 11.5 Å². The number of anilines is 2. The first kappa shape index (κ1) is 22.4. The lowest BCUT2D eigenvalue weighted by molar-refractivity contribution is -0.116. The summed E-state index contributed by atoms with van der Waals surface area (Å²) in [6.45, 7) is 5.27. The molecule has 0 aliphatic heterocycles. The highest BCUT2D eigenvalue weighted by molar-refractivity contribution is 7.92. The van der Waals surface area contributed by atoms with Crippen molar-refractivity contribution in [3.05, 3.63) is 83.9 Å². The second-order valence-corrected chi connectivity index (χ2v) is 9.28. The molecule has 31 heavy (non-hydrogen) atoms. The Bertz CT molecular complexity index is 1180. The minimum absolute atomic E-state index is 0.456. The molecule has 0 saturated heterocycles. The number of ether oxygens (including phenoxy) is 1. The monoisotopic (exact) mass is 438 g/mol. The molecule has 0 unspecified atom stereocenters. The molecular weight excluding hydrogens is 412 g/mol. The molecule has 0 aliphatic carbocycles. The lowest BCUT2D eigenvalue weighted by Gasteiger charge is -2.30. The fourth-order valence-electron chi connectivity index (χ4n) is 3.25. The molecule has 1 amide bonds. The first-order chi connectivity index (χ1) is 14.7. The van der Waals surface area contributed by atoms with E-state index in [0.717, 1.165) is 21.7 Å². The van der Waals surface area contributed by atoms with E-state index < -0.39 is 22.0 Å². The lowest BCUT2D eigenvalue weighted by Crippen LogP contribution is -2.45. The molecule has 0 saturated carbocycles. The zero-order valence-electron chi connectivity index (χ0n) is 18.0. The van der Waals surface area contributed by atoms with Crippen LogP contribution in [0.4, 0.5) is 11.4 Å². The molecule has 1 atom stereocenters. The average Bonchev–Trinajstić information content (AvgIpc) is 2.72. The summed E-state index contributed by atoms with van der Waals surface area (Å²) in [6.07, 6.45) is 1.10. The summed E-state index contributed by atoms with van der Waals surface area (Å²) in [4.78, 5) is 13.1. The molecular formula is C24H26N2O4S. The highest BCUT2D eigenvalue weighted by Crippen LogP contribution is 2.31. The summed E-state index contributed by atoms with van der Waals surface area (Å²) in [5, 5.41) is 2.82. The average molecular weight is 439 g/mol. The van der Waals surface area contributed by atoms with Crippen molar-refractivity contribution in [3.8, 4) is 11.5 Å². The van der Waals surface area contributed by atoms with Gasteiger partial charge in [0, 0.05) is 0 Å². The fourth-order valence-corrected chi connectivity index (χ4v) is 4.47. The number of hydrogen-bond donors (Lipinski definition) is 1. The third kappa shape index (κ3) is 5.44. The van der Waals surface area contributed by atoms with E-state index in [2.05, 4.69) is 5.32 Å². The molecule has 7 heteroatoms. The maximum atomic E-state index is 13.1. The van der Waals surface area contributed by atoms with E-state index in [9.17, 15) is 13.2 Å². The molecule has 0 heterocycles. The third-order valence-electron chi connectivity index (χ3n) is 4.81. The van der Waals surface area contributed by atoms with Crippen LogP contribution in [0, 0.1) is 13.8 Å². The van der Waals surface area contributed by atoms with E-state index in [1.807, 2.05) is 56.3 Å². The summed E-state index contributed by atoms with van der Waals surface area (Å²) >= 11 is 0. The van der Waals surface area contributed by atoms with Gasteiger partial charge in [0.05, 0.1) is 17.6 Å². The van der Waals surface area contributed by atoms with Crippen LogP contribution in [0.1, 0.15) is 18.1 Å². The van der Waals surface area contributed by atoms with E-state index in [-0.39, 0.29) is 0 Å². The van der Waals surface area contributed by atoms with Crippen molar-refractivity contribution in [1.82, 2.24) is 0 Å². The van der Waals surface area contributed by atoms with Crippen molar-refractivity contribution >= 4 is 27.3 Å². The maximum Gasteiger partial charge on any atom is 0.248 e. The third-order valence-corrected chi connectivity index (χ3v) is 6.03. The number of para-hydroxylation sites is 3. The molecule has 0 aliphatic rings. The Morgan fingerprint density at radius 2 is 1.61 bits per heavy atom. The Kier molecular flexibility index (Phi) is 6.65. The normalized spacial score (nSPS) is 12.1. The zero-order chi connectivity index (χ0) is 22.6. The van der Waals surface area contributed by atoms with Crippen LogP contribution in [0.3, 0.4) is 0 Å². The van der Waals surface area contributed by atoms with Gasteiger partial charge < -0.3 is 10.1 Å². The van der Waals surface area contributed by atoms with Crippen molar-refractivity contribution in [2.75, 3.05) is 15.9 Å². The molecule has 0 spiro atoms. The van der Waals surface area contributed by atoms with Crippen molar-refractivity contribution in [3.63, 3.8) is 0 Å². The van der Waals surface area contributed by atoms with Crippen LogP contribution in [0.25, 0.3) is 0 Å². The minimum atomic E-state index is -3.71. The first-order valence-electron chi connectivity index (χ1n) is 9.86. The topological polar surface area (TPSA) is 75.7 Å². The molecule has 3 aromatic rings. The number of hydrogen-bond acceptors (Lipinski definition) is 4. The van der Waals surface area contributed by atoms with E-state index in [1.54, 1.807) is 37.3 Å². The number of amides is 1. The van der Waals surface area contributed by atoms with E-state index >= 15 is 0 Å². The minimum Gasteiger partial charge on any atom is -0.455 e.